The maximum absolute atomic E-state index is 12.6. The smallest absolute Gasteiger partial charge is 0.264 e. The zero-order chi connectivity index (χ0) is 18.0. The molecule has 1 amide bonds. The number of hydrogen-bond donors (Lipinski definition) is 1. The van der Waals surface area contributed by atoms with Crippen molar-refractivity contribution in [3.05, 3.63) is 59.7 Å². The number of methoxy groups -OCH3 is 1. The lowest BCUT2D eigenvalue weighted by Crippen LogP contribution is -2.43. The van der Waals surface area contributed by atoms with Gasteiger partial charge in [-0.2, -0.15) is 0 Å². The molecule has 5 nitrogen and oxygen atoms in total. The molecule has 0 saturated heterocycles. The fourth-order valence-corrected chi connectivity index (χ4v) is 3.28. The number of rotatable bonds is 5. The Hall–Kier alpha value is -2.34. The van der Waals surface area contributed by atoms with Crippen molar-refractivity contribution < 1.29 is 17.9 Å². The van der Waals surface area contributed by atoms with E-state index in [-0.39, 0.29) is 4.90 Å². The van der Waals surface area contributed by atoms with Crippen molar-refractivity contribution in [3.8, 4) is 5.75 Å². The molecule has 128 valence electrons. The molecule has 0 radical (unpaired) electrons. The lowest BCUT2D eigenvalue weighted by Gasteiger charge is -2.24. The van der Waals surface area contributed by atoms with Crippen LogP contribution in [0, 0.1) is 6.92 Å². The van der Waals surface area contributed by atoms with Crippen molar-refractivity contribution in [2.75, 3.05) is 7.11 Å². The lowest BCUT2D eigenvalue weighted by atomic mass is 9.84. The van der Waals surface area contributed by atoms with E-state index in [0.717, 1.165) is 5.56 Å². The molecule has 0 aromatic heterocycles. The summed E-state index contributed by atoms with van der Waals surface area (Å²) < 4.78 is 32.1. The van der Waals surface area contributed by atoms with Crippen LogP contribution in [-0.2, 0) is 20.2 Å². The van der Waals surface area contributed by atoms with Gasteiger partial charge in [-0.1, -0.05) is 29.8 Å². The second-order valence-corrected chi connectivity index (χ2v) is 7.79. The topological polar surface area (TPSA) is 72.5 Å². The molecule has 1 N–H and O–H groups in total. The zero-order valence-electron chi connectivity index (χ0n) is 14.2. The Kier molecular flexibility index (Phi) is 4.99. The summed E-state index contributed by atoms with van der Waals surface area (Å²) in [5.41, 5.74) is 0.571. The Morgan fingerprint density at radius 2 is 1.71 bits per heavy atom. The lowest BCUT2D eigenvalue weighted by molar-refractivity contribution is -0.123. The molecule has 24 heavy (non-hydrogen) atoms. The Balaban J connectivity index is 2.28. The number of hydrogen-bond acceptors (Lipinski definition) is 4. The molecular formula is C18H21NO4S. The maximum atomic E-state index is 12.6. The van der Waals surface area contributed by atoms with Gasteiger partial charge in [-0.3, -0.25) is 4.79 Å². The van der Waals surface area contributed by atoms with Crippen molar-refractivity contribution in [1.29, 1.82) is 0 Å². The minimum Gasteiger partial charge on any atom is -0.497 e. The van der Waals surface area contributed by atoms with Crippen molar-refractivity contribution >= 4 is 15.9 Å². The Bertz CT molecular complexity index is 840. The molecular weight excluding hydrogens is 326 g/mol. The summed E-state index contributed by atoms with van der Waals surface area (Å²) in [5.74, 6) is 0.00564. The van der Waals surface area contributed by atoms with E-state index in [1.54, 1.807) is 50.2 Å². The van der Waals surface area contributed by atoms with Gasteiger partial charge in [-0.05, 0) is 50.6 Å². The first-order valence-electron chi connectivity index (χ1n) is 7.45. The van der Waals surface area contributed by atoms with Crippen LogP contribution in [0.25, 0.3) is 0 Å². The fraction of sp³-hybridized carbons (Fsp3) is 0.278. The number of nitrogens with one attached hydrogen (secondary N) is 1. The molecule has 0 atom stereocenters. The predicted octanol–water partition coefficient (Wildman–Crippen LogP) is 2.79. The number of carbonyl (C=O) groups excluding carboxylic acids is 1. The third-order valence-corrected chi connectivity index (χ3v) is 5.26. The minimum absolute atomic E-state index is 0.0582. The molecule has 2 aromatic rings. The van der Waals surface area contributed by atoms with Crippen LogP contribution in [0.4, 0.5) is 0 Å². The molecule has 0 aliphatic heterocycles. The van der Waals surface area contributed by atoms with Crippen LogP contribution in [0.15, 0.2) is 53.4 Å². The molecule has 0 bridgehead atoms. The minimum atomic E-state index is -3.91. The predicted molar refractivity (Wildman–Crippen MR) is 92.5 cm³/mol. The maximum Gasteiger partial charge on any atom is 0.264 e. The van der Waals surface area contributed by atoms with Crippen molar-refractivity contribution in [1.82, 2.24) is 4.72 Å². The van der Waals surface area contributed by atoms with Gasteiger partial charge in [-0.25, -0.2) is 13.1 Å². The highest BCUT2D eigenvalue weighted by atomic mass is 32.2. The highest BCUT2D eigenvalue weighted by Crippen LogP contribution is 2.27. The first-order chi connectivity index (χ1) is 11.2. The number of benzene rings is 2. The van der Waals surface area contributed by atoms with Crippen LogP contribution in [0.3, 0.4) is 0 Å². The van der Waals surface area contributed by atoms with E-state index in [1.807, 2.05) is 6.92 Å². The van der Waals surface area contributed by atoms with Crippen molar-refractivity contribution in [3.63, 3.8) is 0 Å². The quantitative estimate of drug-likeness (QED) is 0.903. The van der Waals surface area contributed by atoms with Gasteiger partial charge in [0.25, 0.3) is 10.0 Å². The molecule has 6 heteroatoms. The van der Waals surface area contributed by atoms with Gasteiger partial charge in [0.1, 0.15) is 5.75 Å². The summed E-state index contributed by atoms with van der Waals surface area (Å²) in [6.45, 7) is 5.20. The largest absolute Gasteiger partial charge is 0.497 e. The van der Waals surface area contributed by atoms with E-state index >= 15 is 0 Å². The first-order valence-corrected chi connectivity index (χ1v) is 8.93. The first kappa shape index (κ1) is 18.0. The van der Waals surface area contributed by atoms with Crippen LogP contribution >= 0.6 is 0 Å². The molecule has 2 rings (SSSR count). The van der Waals surface area contributed by atoms with Gasteiger partial charge in [0.15, 0.2) is 0 Å². The van der Waals surface area contributed by atoms with Crippen LogP contribution < -0.4 is 9.46 Å². The number of sulfonamides is 1. The Labute approximate surface area is 142 Å². The molecule has 0 aliphatic rings. The van der Waals surface area contributed by atoms with Crippen LogP contribution in [0.2, 0.25) is 0 Å². The van der Waals surface area contributed by atoms with E-state index in [9.17, 15) is 13.2 Å². The van der Waals surface area contributed by atoms with Gasteiger partial charge in [0.2, 0.25) is 5.91 Å². The van der Waals surface area contributed by atoms with Crippen LogP contribution in [-0.4, -0.2) is 21.4 Å². The van der Waals surface area contributed by atoms with Gasteiger partial charge in [0, 0.05) is 0 Å². The second-order valence-electron chi connectivity index (χ2n) is 6.10. The van der Waals surface area contributed by atoms with Gasteiger partial charge >= 0.3 is 0 Å². The third kappa shape index (κ3) is 3.76. The SMILES string of the molecule is COc1cccc(C(C)(C)C(=O)NS(=O)(=O)c2ccc(C)cc2)c1. The summed E-state index contributed by atoms with van der Waals surface area (Å²) >= 11 is 0. The number of aryl methyl sites for hydroxylation is 1. The van der Waals surface area contributed by atoms with Crippen LogP contribution in [0.1, 0.15) is 25.0 Å². The summed E-state index contributed by atoms with van der Waals surface area (Å²) in [6.07, 6.45) is 0. The fourth-order valence-electron chi connectivity index (χ4n) is 2.17. The Morgan fingerprint density at radius 1 is 1.08 bits per heavy atom. The number of amides is 1. The average molecular weight is 347 g/mol. The monoisotopic (exact) mass is 347 g/mol. The van der Waals surface area contributed by atoms with Crippen molar-refractivity contribution in [2.24, 2.45) is 0 Å². The number of ether oxygens (including phenoxy) is 1. The second kappa shape index (κ2) is 6.65. The summed E-state index contributed by atoms with van der Waals surface area (Å²) in [7, 11) is -2.38. The summed E-state index contributed by atoms with van der Waals surface area (Å²) in [6, 6.07) is 13.3. The third-order valence-electron chi connectivity index (χ3n) is 3.92. The molecule has 0 unspecified atom stereocenters. The van der Waals surface area contributed by atoms with Crippen LogP contribution in [0.5, 0.6) is 5.75 Å². The highest BCUT2D eigenvalue weighted by molar-refractivity contribution is 7.90. The normalized spacial score (nSPS) is 11.8. The molecule has 2 aromatic carbocycles. The summed E-state index contributed by atoms with van der Waals surface area (Å²) in [4.78, 5) is 12.6. The van der Waals surface area contributed by atoms with Crippen molar-refractivity contribution in [2.45, 2.75) is 31.1 Å². The van der Waals surface area contributed by atoms with E-state index in [0.29, 0.717) is 11.3 Å². The van der Waals surface area contributed by atoms with E-state index < -0.39 is 21.3 Å². The number of carbonyl (C=O) groups is 1. The summed E-state index contributed by atoms with van der Waals surface area (Å²) in [5, 5.41) is 0. The zero-order valence-corrected chi connectivity index (χ0v) is 15.0. The molecule has 0 fully saturated rings. The average Bonchev–Trinajstić information content (AvgIpc) is 2.54. The molecule has 0 heterocycles. The van der Waals surface area contributed by atoms with Gasteiger partial charge < -0.3 is 4.74 Å². The van der Waals surface area contributed by atoms with E-state index in [4.69, 9.17) is 4.74 Å². The molecule has 0 saturated carbocycles. The van der Waals surface area contributed by atoms with Gasteiger partial charge in [-0.15, -0.1) is 0 Å². The highest BCUT2D eigenvalue weighted by Gasteiger charge is 2.33. The molecule has 0 aliphatic carbocycles. The molecule has 0 spiro atoms. The van der Waals surface area contributed by atoms with E-state index in [1.165, 1.54) is 19.2 Å². The Morgan fingerprint density at radius 3 is 2.29 bits per heavy atom. The standard InChI is InChI=1S/C18H21NO4S/c1-13-8-10-16(11-9-13)24(21,22)19-17(20)18(2,3)14-6-5-7-15(12-14)23-4/h5-12H,1-4H3,(H,19,20). The van der Waals surface area contributed by atoms with E-state index in [2.05, 4.69) is 4.72 Å². The van der Waals surface area contributed by atoms with Gasteiger partial charge in [0.05, 0.1) is 17.4 Å².